The number of carbonyl (C=O) groups excluding carboxylic acids is 1. The minimum Gasteiger partial charge on any atom is -0.465 e. The molecule has 0 saturated carbocycles. The minimum absolute atomic E-state index is 0.468. The van der Waals surface area contributed by atoms with Crippen molar-refractivity contribution >= 4 is 5.97 Å². The van der Waals surface area contributed by atoms with Gasteiger partial charge in [0.1, 0.15) is 18.3 Å². The van der Waals surface area contributed by atoms with Crippen molar-refractivity contribution in [2.24, 2.45) is 0 Å². The fourth-order valence-electron chi connectivity index (χ4n) is 1.16. The largest absolute Gasteiger partial charge is 0.465 e. The van der Waals surface area contributed by atoms with Gasteiger partial charge in [-0.15, -0.1) is 0 Å². The minimum atomic E-state index is -2.62. The van der Waals surface area contributed by atoms with Crippen molar-refractivity contribution in [3.8, 4) is 0 Å². The Morgan fingerprint density at radius 3 is 2.57 bits per heavy atom. The summed E-state index contributed by atoms with van der Waals surface area (Å²) in [5.74, 6) is -3.84. The lowest BCUT2D eigenvalue weighted by atomic mass is 9.97. The van der Waals surface area contributed by atoms with Crippen LogP contribution in [0, 0.1) is 0 Å². The van der Waals surface area contributed by atoms with E-state index in [2.05, 4.69) is 9.47 Å². The van der Waals surface area contributed by atoms with Crippen LogP contribution in [0.25, 0.3) is 0 Å². The zero-order valence-corrected chi connectivity index (χ0v) is 7.45. The van der Waals surface area contributed by atoms with Crippen LogP contribution in [0.3, 0.4) is 0 Å². The summed E-state index contributed by atoms with van der Waals surface area (Å²) >= 11 is 0. The van der Waals surface area contributed by atoms with E-state index in [-0.39, 0.29) is 0 Å². The van der Waals surface area contributed by atoms with Crippen molar-refractivity contribution in [3.05, 3.63) is 0 Å². The van der Waals surface area contributed by atoms with Crippen molar-refractivity contribution < 1.29 is 34.7 Å². The van der Waals surface area contributed by atoms with Gasteiger partial charge < -0.3 is 29.9 Å². The highest BCUT2D eigenvalue weighted by atomic mass is 16.7. The number of carbonyl (C=O) groups is 1. The van der Waals surface area contributed by atoms with Crippen molar-refractivity contribution in [3.63, 3.8) is 0 Å². The Kier molecular flexibility index (Phi) is 3.07. The Bertz CT molecular complexity index is 230. The molecule has 7 heteroatoms. The third-order valence-electron chi connectivity index (χ3n) is 2.07. The number of aliphatic hydroxyl groups is 4. The lowest BCUT2D eigenvalue weighted by molar-refractivity contribution is -0.312. The summed E-state index contributed by atoms with van der Waals surface area (Å²) in [4.78, 5) is 11.0. The molecule has 1 heterocycles. The molecule has 0 aromatic carbocycles. The highest BCUT2D eigenvalue weighted by Gasteiger charge is 2.54. The second-order valence-electron chi connectivity index (χ2n) is 3.00. The summed E-state index contributed by atoms with van der Waals surface area (Å²) in [7, 11) is 0.994. The molecule has 4 N–H and O–H groups in total. The number of esters is 1. The number of rotatable bonds is 1. The number of hydrogen-bond acceptors (Lipinski definition) is 7. The summed E-state index contributed by atoms with van der Waals surface area (Å²) in [6.07, 6.45) is -4.96. The average molecular weight is 208 g/mol. The third kappa shape index (κ3) is 1.60. The first-order valence-electron chi connectivity index (χ1n) is 3.92. The SMILES string of the molecule is COC(=O)C1(O)OCC(O)C(O)C1O. The molecule has 0 radical (unpaired) electrons. The van der Waals surface area contributed by atoms with Crippen molar-refractivity contribution in [1.29, 1.82) is 0 Å². The number of hydrogen-bond donors (Lipinski definition) is 4. The molecule has 0 aliphatic carbocycles. The molecule has 7 nitrogen and oxygen atoms in total. The van der Waals surface area contributed by atoms with Crippen LogP contribution in [-0.2, 0) is 14.3 Å². The standard InChI is InChI=1S/C7H12O7/c1-13-6(11)7(12)5(10)4(9)3(8)2-14-7/h3-5,8-10,12H,2H2,1H3. The molecular weight excluding hydrogens is 196 g/mol. The molecule has 1 fully saturated rings. The van der Waals surface area contributed by atoms with Crippen LogP contribution in [0.4, 0.5) is 0 Å². The lowest BCUT2D eigenvalue weighted by Crippen LogP contribution is -2.64. The molecule has 82 valence electrons. The summed E-state index contributed by atoms with van der Waals surface area (Å²) in [6.45, 7) is -0.468. The van der Waals surface area contributed by atoms with E-state index in [1.807, 2.05) is 0 Å². The molecule has 0 spiro atoms. The van der Waals surface area contributed by atoms with Crippen LogP contribution in [0.1, 0.15) is 0 Å². The predicted octanol–water partition coefficient (Wildman–Crippen LogP) is -3.04. The molecule has 0 aromatic rings. The van der Waals surface area contributed by atoms with Crippen LogP contribution in [-0.4, -0.2) is 64.2 Å². The molecule has 4 atom stereocenters. The monoisotopic (exact) mass is 208 g/mol. The van der Waals surface area contributed by atoms with Crippen molar-refractivity contribution in [2.45, 2.75) is 24.1 Å². The van der Waals surface area contributed by atoms with Gasteiger partial charge in [-0.1, -0.05) is 0 Å². The summed E-state index contributed by atoms with van der Waals surface area (Å²) in [6, 6.07) is 0. The van der Waals surface area contributed by atoms with E-state index in [9.17, 15) is 20.1 Å². The van der Waals surface area contributed by atoms with Gasteiger partial charge in [0.2, 0.25) is 0 Å². The molecule has 1 aliphatic rings. The van der Waals surface area contributed by atoms with Gasteiger partial charge in [0.15, 0.2) is 0 Å². The predicted molar refractivity (Wildman–Crippen MR) is 40.9 cm³/mol. The first kappa shape index (κ1) is 11.3. The van der Waals surface area contributed by atoms with Crippen LogP contribution >= 0.6 is 0 Å². The van der Waals surface area contributed by atoms with E-state index >= 15 is 0 Å². The van der Waals surface area contributed by atoms with Gasteiger partial charge in [0.25, 0.3) is 5.79 Å². The topological polar surface area (TPSA) is 116 Å². The van der Waals surface area contributed by atoms with E-state index in [1.54, 1.807) is 0 Å². The van der Waals surface area contributed by atoms with Gasteiger partial charge in [-0.3, -0.25) is 0 Å². The van der Waals surface area contributed by atoms with Crippen molar-refractivity contribution in [1.82, 2.24) is 0 Å². The Balaban J connectivity index is 2.85. The van der Waals surface area contributed by atoms with Gasteiger partial charge in [0.05, 0.1) is 13.7 Å². The number of methoxy groups -OCH3 is 1. The second-order valence-corrected chi connectivity index (χ2v) is 3.00. The fraction of sp³-hybridized carbons (Fsp3) is 0.857. The van der Waals surface area contributed by atoms with Gasteiger partial charge in [-0.2, -0.15) is 0 Å². The zero-order chi connectivity index (χ0) is 10.9. The molecule has 0 aromatic heterocycles. The fourth-order valence-corrected chi connectivity index (χ4v) is 1.16. The average Bonchev–Trinajstić information content (AvgIpc) is 2.19. The molecule has 14 heavy (non-hydrogen) atoms. The van der Waals surface area contributed by atoms with Gasteiger partial charge in [0, 0.05) is 0 Å². The van der Waals surface area contributed by atoms with Crippen molar-refractivity contribution in [2.75, 3.05) is 13.7 Å². The zero-order valence-electron chi connectivity index (χ0n) is 7.45. The quantitative estimate of drug-likeness (QED) is 0.338. The van der Waals surface area contributed by atoms with Gasteiger partial charge in [-0.05, 0) is 0 Å². The summed E-state index contributed by atoms with van der Waals surface area (Å²) in [5, 5.41) is 37.0. The van der Waals surface area contributed by atoms with Gasteiger partial charge in [-0.25, -0.2) is 4.79 Å². The van der Waals surface area contributed by atoms with Crippen LogP contribution in [0.5, 0.6) is 0 Å². The smallest absolute Gasteiger partial charge is 0.369 e. The van der Waals surface area contributed by atoms with E-state index < -0.39 is 36.7 Å². The molecular formula is C7H12O7. The van der Waals surface area contributed by atoms with Gasteiger partial charge >= 0.3 is 5.97 Å². The van der Waals surface area contributed by atoms with E-state index in [1.165, 1.54) is 0 Å². The first-order valence-corrected chi connectivity index (χ1v) is 3.92. The van der Waals surface area contributed by atoms with Crippen LogP contribution < -0.4 is 0 Å². The Labute approximate surface area is 79.5 Å². The summed E-state index contributed by atoms with van der Waals surface area (Å²) in [5.41, 5.74) is 0. The van der Waals surface area contributed by atoms with Crippen LogP contribution in [0.15, 0.2) is 0 Å². The molecule has 1 saturated heterocycles. The van der Waals surface area contributed by atoms with E-state index in [4.69, 9.17) is 5.11 Å². The highest BCUT2D eigenvalue weighted by molar-refractivity contribution is 5.78. The second kappa shape index (κ2) is 3.79. The number of aliphatic hydroxyl groups excluding tert-OH is 3. The highest BCUT2D eigenvalue weighted by Crippen LogP contribution is 2.24. The Hall–Kier alpha value is -0.730. The summed E-state index contributed by atoms with van der Waals surface area (Å²) < 4.78 is 8.71. The normalized spacial score (nSPS) is 43.4. The van der Waals surface area contributed by atoms with E-state index in [0.29, 0.717) is 0 Å². The Morgan fingerprint density at radius 1 is 1.50 bits per heavy atom. The maximum atomic E-state index is 11.0. The molecule has 0 amide bonds. The molecule has 4 unspecified atom stereocenters. The lowest BCUT2D eigenvalue weighted by Gasteiger charge is -2.39. The maximum absolute atomic E-state index is 11.0. The molecule has 1 aliphatic heterocycles. The first-order chi connectivity index (χ1) is 6.43. The van der Waals surface area contributed by atoms with E-state index in [0.717, 1.165) is 7.11 Å². The molecule has 0 bridgehead atoms. The molecule has 1 rings (SSSR count). The maximum Gasteiger partial charge on any atom is 0.369 e. The third-order valence-corrected chi connectivity index (χ3v) is 2.07. The number of ether oxygens (including phenoxy) is 2. The van der Waals surface area contributed by atoms with Crippen LogP contribution in [0.2, 0.25) is 0 Å². The Morgan fingerprint density at radius 2 is 2.07 bits per heavy atom.